The summed E-state index contributed by atoms with van der Waals surface area (Å²) in [6, 6.07) is 4.95. The van der Waals surface area contributed by atoms with E-state index in [0.717, 1.165) is 5.56 Å². The topological polar surface area (TPSA) is 72.5 Å². The number of carbonyl (C=O) groups excluding carboxylic acids is 1. The lowest BCUT2D eigenvalue weighted by Crippen LogP contribution is -2.32. The number of amides is 1. The van der Waals surface area contributed by atoms with Crippen LogP contribution in [0.25, 0.3) is 0 Å². The Bertz CT molecular complexity index is 629. The second kappa shape index (κ2) is 5.09. The van der Waals surface area contributed by atoms with Crippen LogP contribution in [0.4, 0.5) is 4.79 Å². The normalized spacial score (nSPS) is 16.6. The minimum absolute atomic E-state index is 0.0781. The van der Waals surface area contributed by atoms with Crippen molar-refractivity contribution in [2.45, 2.75) is 37.8 Å². The Hall–Kier alpha value is -1.56. The van der Waals surface area contributed by atoms with E-state index < -0.39 is 21.5 Å². The van der Waals surface area contributed by atoms with Crippen LogP contribution in [0.5, 0.6) is 0 Å². The van der Waals surface area contributed by atoms with Crippen molar-refractivity contribution in [1.29, 1.82) is 0 Å². The molecule has 0 aliphatic carbocycles. The molecule has 20 heavy (non-hydrogen) atoms. The summed E-state index contributed by atoms with van der Waals surface area (Å²) in [5, 5.41) is 2.63. The summed E-state index contributed by atoms with van der Waals surface area (Å²) in [6.07, 6.45) is 2.32. The van der Waals surface area contributed by atoms with Crippen LogP contribution in [0, 0.1) is 6.42 Å². The van der Waals surface area contributed by atoms with Gasteiger partial charge >= 0.3 is 6.09 Å². The molecule has 2 radical (unpaired) electrons. The number of alkyl carbamates (subject to hydrolysis) is 1. The lowest BCUT2D eigenvalue weighted by molar-refractivity contribution is 0.0523. The minimum atomic E-state index is -3.20. The first-order valence-corrected chi connectivity index (χ1v) is 7.89. The Morgan fingerprint density at radius 2 is 2.10 bits per heavy atom. The van der Waals surface area contributed by atoms with Gasteiger partial charge in [0.15, 0.2) is 9.84 Å². The summed E-state index contributed by atoms with van der Waals surface area (Å²) in [6.45, 7) is 5.65. The number of fused-ring (bicyclic) bond motifs is 1. The number of ether oxygens (including phenoxy) is 1. The highest BCUT2D eigenvalue weighted by Crippen LogP contribution is 2.27. The number of rotatable bonds is 2. The molecule has 0 saturated carbocycles. The smallest absolute Gasteiger partial charge is 0.407 e. The maximum atomic E-state index is 11.6. The quantitative estimate of drug-likeness (QED) is 0.905. The van der Waals surface area contributed by atoms with E-state index in [0.29, 0.717) is 10.5 Å². The van der Waals surface area contributed by atoms with Gasteiger partial charge in [-0.3, -0.25) is 0 Å². The van der Waals surface area contributed by atoms with Gasteiger partial charge < -0.3 is 10.1 Å². The molecule has 1 aliphatic rings. The fourth-order valence-corrected chi connectivity index (χ4v) is 3.08. The Labute approximate surface area is 119 Å². The maximum Gasteiger partial charge on any atom is 0.407 e. The standard InChI is InChI=1S/C14H17NO4S/c1-14(2,3)19-13(16)15-9-10-4-5-12-11(8-10)6-7-20(12,17)18/h4-5,8H,7,9H2,1-3H3,(H,15,16). The van der Waals surface area contributed by atoms with Gasteiger partial charge in [0.2, 0.25) is 0 Å². The molecule has 1 amide bonds. The zero-order valence-corrected chi connectivity index (χ0v) is 12.5. The predicted octanol–water partition coefficient (Wildman–Crippen LogP) is 1.93. The van der Waals surface area contributed by atoms with Crippen molar-refractivity contribution in [2.75, 3.05) is 5.75 Å². The molecule has 2 rings (SSSR count). The number of hydrogen-bond acceptors (Lipinski definition) is 4. The average molecular weight is 295 g/mol. The van der Waals surface area contributed by atoms with Crippen LogP contribution in [-0.4, -0.2) is 25.9 Å². The molecule has 0 fully saturated rings. The molecular formula is C14H17NO4S. The number of hydrogen-bond donors (Lipinski definition) is 1. The van der Waals surface area contributed by atoms with E-state index in [4.69, 9.17) is 4.74 Å². The SMILES string of the molecule is CC(C)(C)OC(=O)NCc1ccc2c(c1)[C]CS2(=O)=O. The van der Waals surface area contributed by atoms with E-state index in [1.54, 1.807) is 39.0 Å². The molecule has 6 heteroatoms. The summed E-state index contributed by atoms with van der Waals surface area (Å²) in [7, 11) is -3.20. The zero-order valence-electron chi connectivity index (χ0n) is 11.7. The predicted molar refractivity (Wildman–Crippen MR) is 73.9 cm³/mol. The van der Waals surface area contributed by atoms with Crippen LogP contribution in [0.1, 0.15) is 31.9 Å². The van der Waals surface area contributed by atoms with Crippen molar-refractivity contribution >= 4 is 15.9 Å². The van der Waals surface area contributed by atoms with Gasteiger partial charge in [0.05, 0.1) is 10.6 Å². The first-order valence-electron chi connectivity index (χ1n) is 6.24. The molecule has 1 heterocycles. The fraction of sp³-hybridized carbons (Fsp3) is 0.429. The molecular weight excluding hydrogens is 278 g/mol. The van der Waals surface area contributed by atoms with Crippen molar-refractivity contribution in [3.63, 3.8) is 0 Å². The zero-order chi connectivity index (χ0) is 15.0. The average Bonchev–Trinajstić information content (AvgIpc) is 2.60. The van der Waals surface area contributed by atoms with E-state index in [2.05, 4.69) is 11.7 Å². The van der Waals surface area contributed by atoms with Gasteiger partial charge in [-0.2, -0.15) is 0 Å². The molecule has 0 bridgehead atoms. The van der Waals surface area contributed by atoms with E-state index in [1.165, 1.54) is 0 Å². The fourth-order valence-electron chi connectivity index (χ4n) is 1.84. The molecule has 1 N–H and O–H groups in total. The van der Waals surface area contributed by atoms with Crippen LogP contribution in [0.3, 0.4) is 0 Å². The number of nitrogens with one attached hydrogen (secondary N) is 1. The third-order valence-corrected chi connectivity index (χ3v) is 4.22. The van der Waals surface area contributed by atoms with Gasteiger partial charge in [-0.1, -0.05) is 12.1 Å². The van der Waals surface area contributed by atoms with E-state index in [9.17, 15) is 13.2 Å². The summed E-state index contributed by atoms with van der Waals surface area (Å²) in [5.41, 5.74) is 0.838. The molecule has 108 valence electrons. The van der Waals surface area contributed by atoms with Crippen molar-refractivity contribution in [2.24, 2.45) is 0 Å². The van der Waals surface area contributed by atoms with Gasteiger partial charge in [-0.05, 0) is 38.0 Å². The highest BCUT2D eigenvalue weighted by molar-refractivity contribution is 7.92. The second-order valence-electron chi connectivity index (χ2n) is 5.62. The maximum absolute atomic E-state index is 11.6. The summed E-state index contributed by atoms with van der Waals surface area (Å²) < 4.78 is 28.4. The Kier molecular flexibility index (Phi) is 3.77. The lowest BCUT2D eigenvalue weighted by atomic mass is 10.1. The molecule has 0 atom stereocenters. The second-order valence-corrected chi connectivity index (χ2v) is 7.58. The highest BCUT2D eigenvalue weighted by atomic mass is 32.2. The molecule has 0 spiro atoms. The lowest BCUT2D eigenvalue weighted by Gasteiger charge is -2.19. The molecule has 0 unspecified atom stereocenters. The van der Waals surface area contributed by atoms with Crippen LogP contribution < -0.4 is 5.32 Å². The molecule has 1 aliphatic heterocycles. The third kappa shape index (κ3) is 3.50. The van der Waals surface area contributed by atoms with Gasteiger partial charge in [-0.25, -0.2) is 13.2 Å². The monoisotopic (exact) mass is 295 g/mol. The number of benzene rings is 1. The largest absolute Gasteiger partial charge is 0.444 e. The third-order valence-electron chi connectivity index (χ3n) is 2.67. The number of carbonyl (C=O) groups is 1. The first kappa shape index (κ1) is 14.8. The van der Waals surface area contributed by atoms with Crippen LogP contribution in [-0.2, 0) is 21.1 Å². The van der Waals surface area contributed by atoms with Gasteiger partial charge in [0, 0.05) is 13.0 Å². The van der Waals surface area contributed by atoms with E-state index in [1.807, 2.05) is 0 Å². The van der Waals surface area contributed by atoms with Crippen LogP contribution in [0.2, 0.25) is 0 Å². The summed E-state index contributed by atoms with van der Waals surface area (Å²) in [5.74, 6) is -0.0781. The van der Waals surface area contributed by atoms with E-state index in [-0.39, 0.29) is 12.3 Å². The van der Waals surface area contributed by atoms with Crippen LogP contribution in [0.15, 0.2) is 23.1 Å². The van der Waals surface area contributed by atoms with Gasteiger partial charge in [-0.15, -0.1) is 0 Å². The van der Waals surface area contributed by atoms with Crippen LogP contribution >= 0.6 is 0 Å². The van der Waals surface area contributed by atoms with Gasteiger partial charge in [0.1, 0.15) is 5.60 Å². The van der Waals surface area contributed by atoms with Crippen molar-refractivity contribution < 1.29 is 17.9 Å². The van der Waals surface area contributed by atoms with E-state index >= 15 is 0 Å². The highest BCUT2D eigenvalue weighted by Gasteiger charge is 2.26. The molecule has 5 nitrogen and oxygen atoms in total. The summed E-state index contributed by atoms with van der Waals surface area (Å²) >= 11 is 0. The molecule has 1 aromatic rings. The van der Waals surface area contributed by atoms with Crippen molar-refractivity contribution in [3.8, 4) is 0 Å². The summed E-state index contributed by atoms with van der Waals surface area (Å²) in [4.78, 5) is 11.8. The van der Waals surface area contributed by atoms with Crippen molar-refractivity contribution in [1.82, 2.24) is 5.32 Å². The molecule has 0 aromatic heterocycles. The molecule has 1 aromatic carbocycles. The minimum Gasteiger partial charge on any atom is -0.444 e. The van der Waals surface area contributed by atoms with Gasteiger partial charge in [0.25, 0.3) is 0 Å². The first-order chi connectivity index (χ1) is 9.17. The Morgan fingerprint density at radius 1 is 1.40 bits per heavy atom. The Balaban J connectivity index is 2.01. The number of sulfone groups is 1. The molecule has 0 saturated heterocycles. The van der Waals surface area contributed by atoms with Crippen molar-refractivity contribution in [3.05, 3.63) is 35.7 Å². The Morgan fingerprint density at radius 3 is 2.75 bits per heavy atom.